The van der Waals surface area contributed by atoms with E-state index >= 15 is 0 Å². The van der Waals surface area contributed by atoms with Crippen LogP contribution in [0.25, 0.3) is 0 Å². The summed E-state index contributed by atoms with van der Waals surface area (Å²) in [6.45, 7) is 9.97. The predicted octanol–water partition coefficient (Wildman–Crippen LogP) is 2.96. The van der Waals surface area contributed by atoms with E-state index in [1.165, 1.54) is 0 Å². The lowest BCUT2D eigenvalue weighted by molar-refractivity contribution is 0.0520. The smallest absolute Gasteiger partial charge is 0.407 e. The van der Waals surface area contributed by atoms with E-state index in [1.807, 2.05) is 34.6 Å². The summed E-state index contributed by atoms with van der Waals surface area (Å²) >= 11 is 0. The maximum Gasteiger partial charge on any atom is 0.407 e. The van der Waals surface area contributed by atoms with Crippen LogP contribution in [0.4, 0.5) is 10.5 Å². The molecule has 0 radical (unpaired) electrons. The molecular formula is C16H26N2O4. The number of amides is 1. The zero-order chi connectivity index (χ0) is 16.8. The van der Waals surface area contributed by atoms with Crippen LogP contribution in [0.2, 0.25) is 0 Å². The number of rotatable bonds is 6. The summed E-state index contributed by atoms with van der Waals surface area (Å²) in [6.07, 6.45) is -0.427. The second-order valence-electron chi connectivity index (χ2n) is 6.14. The third-order valence-electron chi connectivity index (χ3n) is 2.39. The van der Waals surface area contributed by atoms with Crippen LogP contribution >= 0.6 is 0 Å². The number of carbonyl (C=O) groups is 1. The fourth-order valence-electron chi connectivity index (χ4n) is 1.60. The molecule has 0 aliphatic heterocycles. The third-order valence-corrected chi connectivity index (χ3v) is 2.39. The Hall–Kier alpha value is -2.11. The largest absolute Gasteiger partial charge is 0.492 e. The molecule has 1 rings (SSSR count). The minimum Gasteiger partial charge on any atom is -0.492 e. The second kappa shape index (κ2) is 7.77. The molecule has 1 amide bonds. The van der Waals surface area contributed by atoms with Crippen LogP contribution in [0.15, 0.2) is 18.2 Å². The molecule has 0 fully saturated rings. The summed E-state index contributed by atoms with van der Waals surface area (Å²) in [5.74, 6) is 1.23. The van der Waals surface area contributed by atoms with Gasteiger partial charge < -0.3 is 25.3 Å². The zero-order valence-corrected chi connectivity index (χ0v) is 13.9. The molecule has 3 N–H and O–H groups in total. The number of nitrogen functional groups attached to an aromatic ring is 1. The van der Waals surface area contributed by atoms with Gasteiger partial charge in [-0.15, -0.1) is 0 Å². The van der Waals surface area contributed by atoms with E-state index < -0.39 is 11.7 Å². The maximum atomic E-state index is 11.5. The van der Waals surface area contributed by atoms with Crippen LogP contribution < -0.4 is 20.5 Å². The van der Waals surface area contributed by atoms with Crippen LogP contribution in [0.5, 0.6) is 11.5 Å². The molecule has 0 saturated carbocycles. The lowest BCUT2D eigenvalue weighted by Crippen LogP contribution is -2.34. The third kappa shape index (κ3) is 7.06. The van der Waals surface area contributed by atoms with Gasteiger partial charge in [-0.3, -0.25) is 0 Å². The van der Waals surface area contributed by atoms with Gasteiger partial charge in [0.1, 0.15) is 23.7 Å². The van der Waals surface area contributed by atoms with Crippen LogP contribution in [0, 0.1) is 0 Å². The Morgan fingerprint density at radius 3 is 2.59 bits per heavy atom. The molecule has 1 aromatic carbocycles. The quantitative estimate of drug-likeness (QED) is 0.623. The lowest BCUT2D eigenvalue weighted by atomic mass is 10.2. The van der Waals surface area contributed by atoms with Gasteiger partial charge in [0.05, 0.1) is 18.3 Å². The first kappa shape index (κ1) is 17.9. The van der Waals surface area contributed by atoms with Gasteiger partial charge in [-0.25, -0.2) is 4.79 Å². The van der Waals surface area contributed by atoms with Crippen LogP contribution in [-0.4, -0.2) is 30.9 Å². The van der Waals surface area contributed by atoms with E-state index in [0.29, 0.717) is 30.3 Å². The van der Waals surface area contributed by atoms with Gasteiger partial charge in [0.15, 0.2) is 0 Å². The molecule has 0 aliphatic carbocycles. The molecule has 22 heavy (non-hydrogen) atoms. The van der Waals surface area contributed by atoms with E-state index in [4.69, 9.17) is 19.9 Å². The molecule has 0 unspecified atom stereocenters. The molecule has 0 saturated heterocycles. The van der Waals surface area contributed by atoms with Crippen molar-refractivity contribution in [2.24, 2.45) is 0 Å². The fraction of sp³-hybridized carbons (Fsp3) is 0.562. The Bertz CT molecular complexity index is 495. The molecule has 0 aromatic heterocycles. The summed E-state index contributed by atoms with van der Waals surface area (Å²) in [6, 6.07) is 5.23. The Morgan fingerprint density at radius 1 is 1.32 bits per heavy atom. The summed E-state index contributed by atoms with van der Waals surface area (Å²) in [5, 5.41) is 2.63. The summed E-state index contributed by atoms with van der Waals surface area (Å²) in [4.78, 5) is 11.5. The highest BCUT2D eigenvalue weighted by atomic mass is 16.6. The van der Waals surface area contributed by atoms with Crippen LogP contribution in [-0.2, 0) is 4.74 Å². The summed E-state index contributed by atoms with van der Waals surface area (Å²) in [5.41, 5.74) is 5.89. The maximum absolute atomic E-state index is 11.5. The van der Waals surface area contributed by atoms with Crippen molar-refractivity contribution < 1.29 is 19.0 Å². The van der Waals surface area contributed by atoms with Crippen molar-refractivity contribution in [1.82, 2.24) is 5.32 Å². The Balaban J connectivity index is 2.41. The summed E-state index contributed by atoms with van der Waals surface area (Å²) < 4.78 is 16.3. The van der Waals surface area contributed by atoms with Gasteiger partial charge in [0.2, 0.25) is 0 Å². The van der Waals surface area contributed by atoms with E-state index in [9.17, 15) is 4.79 Å². The van der Waals surface area contributed by atoms with Crippen molar-refractivity contribution in [2.45, 2.75) is 46.3 Å². The normalized spacial score (nSPS) is 11.2. The lowest BCUT2D eigenvalue weighted by Gasteiger charge is -2.19. The number of hydrogen-bond acceptors (Lipinski definition) is 5. The topological polar surface area (TPSA) is 82.8 Å². The van der Waals surface area contributed by atoms with Gasteiger partial charge in [-0.05, 0) is 46.8 Å². The van der Waals surface area contributed by atoms with E-state index in [-0.39, 0.29) is 6.10 Å². The van der Waals surface area contributed by atoms with Crippen molar-refractivity contribution in [3.8, 4) is 11.5 Å². The van der Waals surface area contributed by atoms with Gasteiger partial charge in [-0.2, -0.15) is 0 Å². The number of alkyl carbamates (subject to hydrolysis) is 1. The average molecular weight is 310 g/mol. The molecule has 0 bridgehead atoms. The van der Waals surface area contributed by atoms with Crippen LogP contribution in [0.1, 0.15) is 34.6 Å². The van der Waals surface area contributed by atoms with E-state index in [1.54, 1.807) is 18.2 Å². The fourth-order valence-corrected chi connectivity index (χ4v) is 1.60. The number of nitrogens with two attached hydrogens (primary N) is 1. The molecule has 0 atom stereocenters. The molecule has 0 aliphatic rings. The zero-order valence-electron chi connectivity index (χ0n) is 13.9. The monoisotopic (exact) mass is 310 g/mol. The molecule has 124 valence electrons. The Morgan fingerprint density at radius 2 is 2.00 bits per heavy atom. The molecule has 0 heterocycles. The number of anilines is 1. The first-order valence-electron chi connectivity index (χ1n) is 7.33. The highest BCUT2D eigenvalue weighted by molar-refractivity contribution is 5.67. The highest BCUT2D eigenvalue weighted by Gasteiger charge is 2.15. The number of nitrogens with one attached hydrogen (secondary N) is 1. The van der Waals surface area contributed by atoms with Crippen molar-refractivity contribution in [1.29, 1.82) is 0 Å². The van der Waals surface area contributed by atoms with Gasteiger partial charge in [0, 0.05) is 6.07 Å². The highest BCUT2D eigenvalue weighted by Crippen LogP contribution is 2.27. The van der Waals surface area contributed by atoms with Crippen molar-refractivity contribution in [3.05, 3.63) is 18.2 Å². The summed E-state index contributed by atoms with van der Waals surface area (Å²) in [7, 11) is 0. The molecular weight excluding hydrogens is 284 g/mol. The van der Waals surface area contributed by atoms with E-state index in [0.717, 1.165) is 0 Å². The first-order valence-corrected chi connectivity index (χ1v) is 7.33. The van der Waals surface area contributed by atoms with Gasteiger partial charge >= 0.3 is 6.09 Å². The molecule has 1 aromatic rings. The number of ether oxygens (including phenoxy) is 3. The predicted molar refractivity (Wildman–Crippen MR) is 86.4 cm³/mol. The molecule has 0 spiro atoms. The van der Waals surface area contributed by atoms with E-state index in [2.05, 4.69) is 5.32 Å². The average Bonchev–Trinajstić information content (AvgIpc) is 2.35. The number of carbonyl (C=O) groups excluding carboxylic acids is 1. The van der Waals surface area contributed by atoms with Crippen LogP contribution in [0.3, 0.4) is 0 Å². The minimum absolute atomic E-state index is 0.0337. The minimum atomic E-state index is -0.509. The van der Waals surface area contributed by atoms with Gasteiger partial charge in [0.25, 0.3) is 0 Å². The standard InChI is InChI=1S/C16H26N2O4/c1-11(2)21-14-10-12(6-7-13(14)17)20-9-8-18-15(19)22-16(3,4)5/h6-7,10-11H,8-9,17H2,1-5H3,(H,18,19). The van der Waals surface area contributed by atoms with Crippen molar-refractivity contribution in [3.63, 3.8) is 0 Å². The molecule has 6 heteroatoms. The number of hydrogen-bond donors (Lipinski definition) is 2. The molecule has 6 nitrogen and oxygen atoms in total. The van der Waals surface area contributed by atoms with Gasteiger partial charge in [-0.1, -0.05) is 0 Å². The SMILES string of the molecule is CC(C)Oc1cc(OCCNC(=O)OC(C)(C)C)ccc1N. The second-order valence-corrected chi connectivity index (χ2v) is 6.14. The number of benzene rings is 1. The Kier molecular flexibility index (Phi) is 6.34. The Labute approximate surface area is 131 Å². The van der Waals surface area contributed by atoms with Crippen molar-refractivity contribution >= 4 is 11.8 Å². The van der Waals surface area contributed by atoms with Crippen molar-refractivity contribution in [2.75, 3.05) is 18.9 Å². The first-order chi connectivity index (χ1) is 10.2.